The number of benzene rings is 2. The molecule has 1 aliphatic rings. The Labute approximate surface area is 185 Å². The smallest absolute Gasteiger partial charge is 0.133 e. The highest BCUT2D eigenvalue weighted by molar-refractivity contribution is 6.31. The lowest BCUT2D eigenvalue weighted by molar-refractivity contribution is 0.501. The van der Waals surface area contributed by atoms with Crippen molar-refractivity contribution in [1.29, 1.82) is 0 Å². The van der Waals surface area contributed by atoms with E-state index in [-0.39, 0.29) is 11.9 Å². The summed E-state index contributed by atoms with van der Waals surface area (Å²) >= 11 is 6.18. The van der Waals surface area contributed by atoms with Crippen LogP contribution in [0.5, 0.6) is 0 Å². The van der Waals surface area contributed by atoms with Crippen molar-refractivity contribution in [2.45, 2.75) is 25.8 Å². The van der Waals surface area contributed by atoms with Gasteiger partial charge in [0.1, 0.15) is 11.5 Å². The van der Waals surface area contributed by atoms with Crippen molar-refractivity contribution >= 4 is 28.2 Å². The van der Waals surface area contributed by atoms with E-state index in [4.69, 9.17) is 17.3 Å². The van der Waals surface area contributed by atoms with Gasteiger partial charge in [0.25, 0.3) is 0 Å². The Bertz CT molecular complexity index is 1240. The minimum atomic E-state index is -0.264. The van der Waals surface area contributed by atoms with Crippen LogP contribution in [0.2, 0.25) is 5.02 Å². The Balaban J connectivity index is 1.71. The van der Waals surface area contributed by atoms with Crippen LogP contribution in [-0.2, 0) is 0 Å². The molecule has 1 fully saturated rings. The van der Waals surface area contributed by atoms with E-state index in [1.165, 1.54) is 6.07 Å². The van der Waals surface area contributed by atoms with Crippen molar-refractivity contribution in [3.8, 4) is 22.5 Å². The summed E-state index contributed by atoms with van der Waals surface area (Å²) < 4.78 is 14.3. The highest BCUT2D eigenvalue weighted by atomic mass is 35.5. The Kier molecular flexibility index (Phi) is 5.12. The predicted molar refractivity (Wildman–Crippen MR) is 124 cm³/mol. The van der Waals surface area contributed by atoms with E-state index in [2.05, 4.69) is 20.1 Å². The zero-order valence-corrected chi connectivity index (χ0v) is 18.0. The Morgan fingerprint density at radius 1 is 1.13 bits per heavy atom. The summed E-state index contributed by atoms with van der Waals surface area (Å²) in [6, 6.07) is 13.0. The molecule has 0 saturated carbocycles. The summed E-state index contributed by atoms with van der Waals surface area (Å²) in [5.74, 6) is -0.264. The molecular weight excluding hydrogens is 413 g/mol. The van der Waals surface area contributed by atoms with E-state index < -0.39 is 0 Å². The molecule has 0 spiro atoms. The van der Waals surface area contributed by atoms with Crippen molar-refractivity contribution in [3.63, 3.8) is 0 Å². The van der Waals surface area contributed by atoms with Crippen LogP contribution in [0.1, 0.15) is 18.4 Å². The normalized spacial score (nSPS) is 15.0. The Morgan fingerprint density at radius 2 is 1.94 bits per heavy atom. The molecule has 1 saturated heterocycles. The maximum absolute atomic E-state index is 14.3. The number of fused-ring (bicyclic) bond motifs is 1. The lowest BCUT2D eigenvalue weighted by Crippen LogP contribution is -2.40. The molecule has 3 N–H and O–H groups in total. The van der Waals surface area contributed by atoms with E-state index in [0.717, 1.165) is 70.6 Å². The van der Waals surface area contributed by atoms with Gasteiger partial charge in [0.15, 0.2) is 0 Å². The van der Waals surface area contributed by atoms with Gasteiger partial charge in [0.05, 0.1) is 17.6 Å². The van der Waals surface area contributed by atoms with Crippen LogP contribution in [0.3, 0.4) is 0 Å². The highest BCUT2D eigenvalue weighted by Crippen LogP contribution is 2.39. The molecule has 158 valence electrons. The third-order valence-corrected chi connectivity index (χ3v) is 6.11. The number of H-pyrrole nitrogens is 1. The molecule has 0 amide bonds. The van der Waals surface area contributed by atoms with Gasteiger partial charge in [-0.1, -0.05) is 17.7 Å². The first-order chi connectivity index (χ1) is 15.0. The first-order valence-electron chi connectivity index (χ1n) is 10.4. The zero-order valence-electron chi connectivity index (χ0n) is 17.2. The second-order valence-corrected chi connectivity index (χ2v) is 8.65. The SMILES string of the molecule is Cc1cc(F)cc(-c2cnnc(-c3cc4cc(Cl)ccc4[nH]3)c2N2CCC(N)CC2)c1. The van der Waals surface area contributed by atoms with E-state index in [1.807, 2.05) is 37.3 Å². The summed E-state index contributed by atoms with van der Waals surface area (Å²) in [5, 5.41) is 10.5. The highest BCUT2D eigenvalue weighted by Gasteiger charge is 2.25. The fourth-order valence-corrected chi connectivity index (χ4v) is 4.52. The molecule has 31 heavy (non-hydrogen) atoms. The fourth-order valence-electron chi connectivity index (χ4n) is 4.34. The van der Waals surface area contributed by atoms with Gasteiger partial charge in [-0.05, 0) is 67.3 Å². The van der Waals surface area contributed by atoms with Crippen LogP contribution in [-0.4, -0.2) is 34.3 Å². The standard InChI is InChI=1S/C24H23ClFN5/c1-14-8-15(11-18(26)9-14)20-13-28-30-23(24(20)31-6-4-19(27)5-7-31)22-12-16-10-17(25)2-3-21(16)29-22/h2-3,8-13,19,29H,4-7,27H2,1H3. The van der Waals surface area contributed by atoms with Gasteiger partial charge >= 0.3 is 0 Å². The molecule has 7 heteroatoms. The number of hydrogen-bond acceptors (Lipinski definition) is 4. The molecule has 2 aromatic heterocycles. The Hall–Kier alpha value is -2.96. The molecule has 4 aromatic rings. The van der Waals surface area contributed by atoms with Gasteiger partial charge in [-0.25, -0.2) is 4.39 Å². The number of piperidine rings is 1. The van der Waals surface area contributed by atoms with E-state index in [0.29, 0.717) is 5.02 Å². The predicted octanol–water partition coefficient (Wildman–Crippen LogP) is 5.32. The zero-order chi connectivity index (χ0) is 21.5. The van der Waals surface area contributed by atoms with Crippen LogP contribution in [0.15, 0.2) is 48.7 Å². The van der Waals surface area contributed by atoms with Gasteiger partial charge in [-0.3, -0.25) is 0 Å². The number of hydrogen-bond donors (Lipinski definition) is 2. The van der Waals surface area contributed by atoms with Gasteiger partial charge in [0, 0.05) is 40.6 Å². The number of aryl methyl sites for hydroxylation is 1. The van der Waals surface area contributed by atoms with Crippen molar-refractivity contribution in [3.05, 3.63) is 65.1 Å². The lowest BCUT2D eigenvalue weighted by Gasteiger charge is -2.34. The summed E-state index contributed by atoms with van der Waals surface area (Å²) in [6.07, 6.45) is 3.51. The van der Waals surface area contributed by atoms with Crippen molar-refractivity contribution in [2.24, 2.45) is 5.73 Å². The van der Waals surface area contributed by atoms with E-state index >= 15 is 0 Å². The maximum atomic E-state index is 14.3. The number of nitrogens with one attached hydrogen (secondary N) is 1. The van der Waals surface area contributed by atoms with Crippen LogP contribution in [0, 0.1) is 12.7 Å². The molecule has 5 rings (SSSR count). The van der Waals surface area contributed by atoms with E-state index in [1.54, 1.807) is 12.3 Å². The molecule has 1 aliphatic heterocycles. The summed E-state index contributed by atoms with van der Waals surface area (Å²) in [6.45, 7) is 3.52. The number of rotatable bonds is 3. The average Bonchev–Trinajstić information content (AvgIpc) is 3.16. The molecule has 0 unspecified atom stereocenters. The molecule has 3 heterocycles. The second-order valence-electron chi connectivity index (χ2n) is 8.21. The summed E-state index contributed by atoms with van der Waals surface area (Å²) in [7, 11) is 0. The molecule has 0 radical (unpaired) electrons. The second kappa shape index (κ2) is 7.94. The number of nitrogens with zero attached hydrogens (tertiary/aromatic N) is 3. The first-order valence-corrected chi connectivity index (χ1v) is 10.8. The van der Waals surface area contributed by atoms with Crippen LogP contribution < -0.4 is 10.6 Å². The number of anilines is 1. The monoisotopic (exact) mass is 435 g/mol. The minimum absolute atomic E-state index is 0.199. The number of aromatic amines is 1. The topological polar surface area (TPSA) is 70.8 Å². The fraction of sp³-hybridized carbons (Fsp3) is 0.250. The molecular formula is C24H23ClFN5. The van der Waals surface area contributed by atoms with Gasteiger partial charge in [0.2, 0.25) is 0 Å². The van der Waals surface area contributed by atoms with Gasteiger partial charge < -0.3 is 15.6 Å². The van der Waals surface area contributed by atoms with Gasteiger partial charge in [-0.15, -0.1) is 5.10 Å². The van der Waals surface area contributed by atoms with Crippen molar-refractivity contribution < 1.29 is 4.39 Å². The van der Waals surface area contributed by atoms with Crippen LogP contribution >= 0.6 is 11.6 Å². The molecule has 0 atom stereocenters. The van der Waals surface area contributed by atoms with Crippen molar-refractivity contribution in [2.75, 3.05) is 18.0 Å². The quantitative estimate of drug-likeness (QED) is 0.457. The van der Waals surface area contributed by atoms with Crippen LogP contribution in [0.25, 0.3) is 33.4 Å². The lowest BCUT2D eigenvalue weighted by atomic mass is 9.98. The average molecular weight is 436 g/mol. The number of aromatic nitrogens is 3. The van der Waals surface area contributed by atoms with Crippen molar-refractivity contribution in [1.82, 2.24) is 15.2 Å². The third kappa shape index (κ3) is 3.89. The van der Waals surface area contributed by atoms with Gasteiger partial charge in [-0.2, -0.15) is 5.10 Å². The Morgan fingerprint density at radius 3 is 2.71 bits per heavy atom. The molecule has 0 bridgehead atoms. The van der Waals surface area contributed by atoms with E-state index in [9.17, 15) is 4.39 Å². The number of nitrogens with two attached hydrogens (primary N) is 1. The minimum Gasteiger partial charge on any atom is -0.369 e. The number of halogens is 2. The molecule has 2 aromatic carbocycles. The summed E-state index contributed by atoms with van der Waals surface area (Å²) in [4.78, 5) is 5.74. The first kappa shape index (κ1) is 20.0. The maximum Gasteiger partial charge on any atom is 0.133 e. The third-order valence-electron chi connectivity index (χ3n) is 5.87. The van der Waals surface area contributed by atoms with Crippen LogP contribution in [0.4, 0.5) is 10.1 Å². The molecule has 0 aliphatic carbocycles. The molecule has 5 nitrogen and oxygen atoms in total. The summed E-state index contributed by atoms with van der Waals surface area (Å²) in [5.41, 5.74) is 12.2. The largest absolute Gasteiger partial charge is 0.369 e.